The summed E-state index contributed by atoms with van der Waals surface area (Å²) in [4.78, 5) is 24.7. The van der Waals surface area contributed by atoms with Crippen molar-refractivity contribution in [3.8, 4) is 5.75 Å². The number of amides is 2. The molecular formula is C19H26N2O4. The van der Waals surface area contributed by atoms with Crippen molar-refractivity contribution in [1.29, 1.82) is 0 Å². The number of hydrogen-bond acceptors (Lipinski definition) is 4. The largest absolute Gasteiger partial charge is 0.493 e. The van der Waals surface area contributed by atoms with E-state index < -0.39 is 17.6 Å². The van der Waals surface area contributed by atoms with Crippen LogP contribution in [0.2, 0.25) is 0 Å². The van der Waals surface area contributed by atoms with E-state index in [0.717, 1.165) is 12.0 Å². The van der Waals surface area contributed by atoms with E-state index >= 15 is 0 Å². The molecule has 1 heterocycles. The SMILES string of the molecule is CCCOc1ccccc1[C@H]1NC(=O)NC(C)=C1C(=O)OC(C)(C)C. The van der Waals surface area contributed by atoms with Gasteiger partial charge in [-0.25, -0.2) is 9.59 Å². The summed E-state index contributed by atoms with van der Waals surface area (Å²) >= 11 is 0. The van der Waals surface area contributed by atoms with Crippen molar-refractivity contribution in [3.63, 3.8) is 0 Å². The average molecular weight is 346 g/mol. The van der Waals surface area contributed by atoms with Crippen LogP contribution >= 0.6 is 0 Å². The maximum absolute atomic E-state index is 12.7. The van der Waals surface area contributed by atoms with Crippen molar-refractivity contribution in [2.75, 3.05) is 6.61 Å². The van der Waals surface area contributed by atoms with Crippen molar-refractivity contribution in [1.82, 2.24) is 10.6 Å². The third-order valence-corrected chi connectivity index (χ3v) is 3.58. The quantitative estimate of drug-likeness (QED) is 0.801. The molecule has 6 heteroatoms. The van der Waals surface area contributed by atoms with Gasteiger partial charge in [0.2, 0.25) is 0 Å². The zero-order chi connectivity index (χ0) is 18.6. The molecule has 25 heavy (non-hydrogen) atoms. The van der Waals surface area contributed by atoms with Gasteiger partial charge in [-0.05, 0) is 40.2 Å². The molecular weight excluding hydrogens is 320 g/mol. The van der Waals surface area contributed by atoms with Crippen molar-refractivity contribution >= 4 is 12.0 Å². The number of esters is 1. The maximum Gasteiger partial charge on any atom is 0.338 e. The Morgan fingerprint density at radius 1 is 1.24 bits per heavy atom. The lowest BCUT2D eigenvalue weighted by molar-refractivity contribution is -0.150. The molecule has 1 aliphatic heterocycles. The molecule has 1 aliphatic rings. The van der Waals surface area contributed by atoms with E-state index in [2.05, 4.69) is 10.6 Å². The predicted octanol–water partition coefficient (Wildman–Crippen LogP) is 3.45. The summed E-state index contributed by atoms with van der Waals surface area (Å²) in [5.74, 6) is 0.179. The highest BCUT2D eigenvalue weighted by Gasteiger charge is 2.35. The predicted molar refractivity (Wildman–Crippen MR) is 95.2 cm³/mol. The van der Waals surface area contributed by atoms with Gasteiger partial charge >= 0.3 is 12.0 Å². The molecule has 0 saturated carbocycles. The van der Waals surface area contributed by atoms with Gasteiger partial charge in [-0.1, -0.05) is 25.1 Å². The zero-order valence-electron chi connectivity index (χ0n) is 15.4. The van der Waals surface area contributed by atoms with E-state index in [0.29, 0.717) is 23.6 Å². The molecule has 2 N–H and O–H groups in total. The van der Waals surface area contributed by atoms with Crippen LogP contribution in [0.5, 0.6) is 5.75 Å². The Kier molecular flexibility index (Phi) is 5.72. The van der Waals surface area contributed by atoms with Crippen LogP contribution in [0.1, 0.15) is 52.6 Å². The standard InChI is InChI=1S/C19H26N2O4/c1-6-11-24-14-10-8-7-9-13(14)16-15(12(2)20-18(23)21-16)17(22)25-19(3,4)5/h7-10,16H,6,11H2,1-5H3,(H2,20,21,23)/t16-/m1/s1. The monoisotopic (exact) mass is 346 g/mol. The summed E-state index contributed by atoms with van der Waals surface area (Å²) < 4.78 is 11.3. The van der Waals surface area contributed by atoms with Crippen molar-refractivity contribution in [2.24, 2.45) is 0 Å². The van der Waals surface area contributed by atoms with Gasteiger partial charge in [-0.15, -0.1) is 0 Å². The average Bonchev–Trinajstić information content (AvgIpc) is 2.50. The molecule has 0 spiro atoms. The van der Waals surface area contributed by atoms with E-state index in [1.807, 2.05) is 52.0 Å². The first-order valence-electron chi connectivity index (χ1n) is 8.46. The number of allylic oxidation sites excluding steroid dienone is 1. The zero-order valence-corrected chi connectivity index (χ0v) is 15.4. The molecule has 0 saturated heterocycles. The lowest BCUT2D eigenvalue weighted by Crippen LogP contribution is -2.46. The first-order valence-corrected chi connectivity index (χ1v) is 8.46. The molecule has 136 valence electrons. The summed E-state index contributed by atoms with van der Waals surface area (Å²) in [7, 11) is 0. The van der Waals surface area contributed by atoms with Gasteiger partial charge < -0.3 is 20.1 Å². The molecule has 2 rings (SSSR count). The van der Waals surface area contributed by atoms with Crippen LogP contribution in [-0.4, -0.2) is 24.2 Å². The second-order valence-corrected chi connectivity index (χ2v) is 6.96. The van der Waals surface area contributed by atoms with Crippen LogP contribution in [0.25, 0.3) is 0 Å². The third kappa shape index (κ3) is 4.75. The first kappa shape index (κ1) is 18.8. The highest BCUT2D eigenvalue weighted by Crippen LogP contribution is 2.34. The fourth-order valence-electron chi connectivity index (χ4n) is 2.59. The maximum atomic E-state index is 12.7. The van der Waals surface area contributed by atoms with E-state index in [-0.39, 0.29) is 6.03 Å². The number of carbonyl (C=O) groups excluding carboxylic acids is 2. The van der Waals surface area contributed by atoms with Gasteiger partial charge in [0.05, 0.1) is 18.2 Å². The molecule has 0 bridgehead atoms. The van der Waals surface area contributed by atoms with Crippen molar-refractivity contribution in [3.05, 3.63) is 41.1 Å². The van der Waals surface area contributed by atoms with E-state index in [1.165, 1.54) is 0 Å². The second kappa shape index (κ2) is 7.59. The van der Waals surface area contributed by atoms with Gasteiger partial charge in [0, 0.05) is 11.3 Å². The normalized spacial score (nSPS) is 17.6. The number of nitrogens with one attached hydrogen (secondary N) is 2. The Hall–Kier alpha value is -2.50. The van der Waals surface area contributed by atoms with Crippen LogP contribution in [0.4, 0.5) is 4.79 Å². The molecule has 0 aliphatic carbocycles. The van der Waals surface area contributed by atoms with Crippen LogP contribution in [0, 0.1) is 0 Å². The smallest absolute Gasteiger partial charge is 0.338 e. The van der Waals surface area contributed by atoms with Gasteiger partial charge in [0.25, 0.3) is 0 Å². The lowest BCUT2D eigenvalue weighted by Gasteiger charge is -2.31. The lowest BCUT2D eigenvalue weighted by atomic mass is 9.94. The Balaban J connectivity index is 2.45. The number of carbonyl (C=O) groups is 2. The third-order valence-electron chi connectivity index (χ3n) is 3.58. The Morgan fingerprint density at radius 3 is 2.56 bits per heavy atom. The highest BCUT2D eigenvalue weighted by atomic mass is 16.6. The Bertz CT molecular complexity index is 689. The Labute approximate surface area is 148 Å². The Morgan fingerprint density at radius 2 is 1.92 bits per heavy atom. The van der Waals surface area contributed by atoms with Crippen molar-refractivity contribution < 1.29 is 19.1 Å². The molecule has 2 amide bonds. The molecule has 0 unspecified atom stereocenters. The van der Waals surface area contributed by atoms with Crippen LogP contribution in [-0.2, 0) is 9.53 Å². The van der Waals surface area contributed by atoms with Gasteiger partial charge in [-0.2, -0.15) is 0 Å². The van der Waals surface area contributed by atoms with Crippen LogP contribution in [0.15, 0.2) is 35.5 Å². The summed E-state index contributed by atoms with van der Waals surface area (Å²) in [5, 5.41) is 5.45. The number of para-hydroxylation sites is 1. The van der Waals surface area contributed by atoms with Crippen LogP contribution < -0.4 is 15.4 Å². The molecule has 6 nitrogen and oxygen atoms in total. The molecule has 1 atom stereocenters. The number of ether oxygens (including phenoxy) is 2. The van der Waals surface area contributed by atoms with E-state index in [4.69, 9.17) is 9.47 Å². The van der Waals surface area contributed by atoms with Crippen LogP contribution in [0.3, 0.4) is 0 Å². The number of hydrogen-bond donors (Lipinski definition) is 2. The summed E-state index contributed by atoms with van der Waals surface area (Å²) in [5.41, 5.74) is 0.954. The number of benzene rings is 1. The minimum absolute atomic E-state index is 0.361. The summed E-state index contributed by atoms with van der Waals surface area (Å²) in [6.45, 7) is 9.70. The first-order chi connectivity index (χ1) is 11.7. The molecule has 1 aromatic carbocycles. The molecule has 1 aromatic rings. The van der Waals surface area contributed by atoms with E-state index in [1.54, 1.807) is 6.92 Å². The van der Waals surface area contributed by atoms with Crippen molar-refractivity contribution in [2.45, 2.75) is 52.7 Å². The molecule has 0 fully saturated rings. The second-order valence-electron chi connectivity index (χ2n) is 6.96. The van der Waals surface area contributed by atoms with Gasteiger partial charge in [-0.3, -0.25) is 0 Å². The van der Waals surface area contributed by atoms with Gasteiger partial charge in [0.1, 0.15) is 11.4 Å². The fraction of sp³-hybridized carbons (Fsp3) is 0.474. The fourth-order valence-corrected chi connectivity index (χ4v) is 2.59. The minimum atomic E-state index is -0.630. The summed E-state index contributed by atoms with van der Waals surface area (Å²) in [6.07, 6.45) is 0.862. The molecule has 0 aromatic heterocycles. The minimum Gasteiger partial charge on any atom is -0.493 e. The van der Waals surface area contributed by atoms with E-state index in [9.17, 15) is 9.59 Å². The number of urea groups is 1. The molecule has 0 radical (unpaired) electrons. The topological polar surface area (TPSA) is 76.7 Å². The highest BCUT2D eigenvalue weighted by molar-refractivity contribution is 5.95. The summed E-state index contributed by atoms with van der Waals surface area (Å²) in [6, 6.07) is 6.41. The van der Waals surface area contributed by atoms with Gasteiger partial charge in [0.15, 0.2) is 0 Å². The number of rotatable bonds is 5.